The van der Waals surface area contributed by atoms with Crippen molar-refractivity contribution in [3.63, 3.8) is 0 Å². The number of aryl methyl sites for hydroxylation is 2. The summed E-state index contributed by atoms with van der Waals surface area (Å²) in [5.74, 6) is 0.118. The zero-order valence-corrected chi connectivity index (χ0v) is 13.7. The molecule has 3 nitrogen and oxygen atoms in total. The summed E-state index contributed by atoms with van der Waals surface area (Å²) in [4.78, 5) is 12.0. The summed E-state index contributed by atoms with van der Waals surface area (Å²) in [6.45, 7) is 2.94. The molecule has 1 aliphatic rings. The first kappa shape index (κ1) is 17.0. The maximum Gasteiger partial charge on any atom is 0.220 e. The van der Waals surface area contributed by atoms with Crippen LogP contribution in [0, 0.1) is 12.3 Å². The van der Waals surface area contributed by atoms with Crippen LogP contribution in [0.15, 0.2) is 24.3 Å². The van der Waals surface area contributed by atoms with Crippen molar-refractivity contribution in [2.45, 2.75) is 58.3 Å². The van der Waals surface area contributed by atoms with Gasteiger partial charge in [0.15, 0.2) is 0 Å². The third-order valence-corrected chi connectivity index (χ3v) is 5.02. The molecule has 0 atom stereocenters. The van der Waals surface area contributed by atoms with E-state index in [9.17, 15) is 9.90 Å². The van der Waals surface area contributed by atoms with E-state index in [2.05, 4.69) is 30.4 Å². The van der Waals surface area contributed by atoms with Gasteiger partial charge in [0.25, 0.3) is 0 Å². The Morgan fingerprint density at radius 1 is 1.23 bits per heavy atom. The topological polar surface area (TPSA) is 49.3 Å². The molecule has 0 aromatic heterocycles. The monoisotopic (exact) mass is 303 g/mol. The number of nitrogens with one attached hydrogen (secondary N) is 1. The molecule has 1 aromatic rings. The van der Waals surface area contributed by atoms with E-state index in [1.54, 1.807) is 0 Å². The van der Waals surface area contributed by atoms with Crippen molar-refractivity contribution in [1.29, 1.82) is 0 Å². The molecule has 2 N–H and O–H groups in total. The number of carbonyl (C=O) groups excluding carboxylic acids is 1. The average molecular weight is 303 g/mol. The van der Waals surface area contributed by atoms with Crippen molar-refractivity contribution >= 4 is 5.91 Å². The first-order chi connectivity index (χ1) is 10.7. The van der Waals surface area contributed by atoms with Gasteiger partial charge in [0.05, 0.1) is 6.61 Å². The molecule has 1 saturated carbocycles. The molecule has 0 heterocycles. The molecule has 0 radical (unpaired) electrons. The van der Waals surface area contributed by atoms with Gasteiger partial charge in [-0.3, -0.25) is 4.79 Å². The van der Waals surface area contributed by atoms with Gasteiger partial charge in [0.2, 0.25) is 5.91 Å². The van der Waals surface area contributed by atoms with Crippen molar-refractivity contribution < 1.29 is 9.90 Å². The lowest BCUT2D eigenvalue weighted by molar-refractivity contribution is -0.122. The maximum absolute atomic E-state index is 12.0. The third kappa shape index (κ3) is 4.84. The highest BCUT2D eigenvalue weighted by Crippen LogP contribution is 2.35. The summed E-state index contributed by atoms with van der Waals surface area (Å²) < 4.78 is 0. The molecule has 0 bridgehead atoms. The number of aliphatic hydroxyl groups excluding tert-OH is 1. The second-order valence-electron chi connectivity index (χ2n) is 6.78. The standard InChI is InChI=1S/C19H29NO2/c1-16-8-3-4-9-17(16)10-7-11-18(22)20-14-19(15-21)12-5-2-6-13-19/h3-4,8-9,21H,2,5-7,10-15H2,1H3,(H,20,22). The summed E-state index contributed by atoms with van der Waals surface area (Å²) in [6, 6.07) is 8.35. The van der Waals surface area contributed by atoms with Crippen LogP contribution in [0.2, 0.25) is 0 Å². The molecule has 1 aromatic carbocycles. The van der Waals surface area contributed by atoms with Gasteiger partial charge in [-0.2, -0.15) is 0 Å². The number of rotatable bonds is 7. The molecule has 0 spiro atoms. The Morgan fingerprint density at radius 2 is 1.95 bits per heavy atom. The Hall–Kier alpha value is -1.35. The Bertz CT molecular complexity index is 478. The molecule has 2 rings (SSSR count). The fourth-order valence-electron chi connectivity index (χ4n) is 3.40. The average Bonchev–Trinajstić information content (AvgIpc) is 2.56. The van der Waals surface area contributed by atoms with Gasteiger partial charge in [-0.1, -0.05) is 43.5 Å². The van der Waals surface area contributed by atoms with Crippen LogP contribution in [-0.2, 0) is 11.2 Å². The fraction of sp³-hybridized carbons (Fsp3) is 0.632. The molecule has 122 valence electrons. The minimum Gasteiger partial charge on any atom is -0.396 e. The Kier molecular flexibility index (Phi) is 6.44. The molecule has 1 amide bonds. The molecule has 0 aliphatic heterocycles. The molecule has 22 heavy (non-hydrogen) atoms. The minimum absolute atomic E-state index is 0.0655. The molecule has 1 aliphatic carbocycles. The van der Waals surface area contributed by atoms with E-state index in [0.29, 0.717) is 13.0 Å². The fourth-order valence-corrected chi connectivity index (χ4v) is 3.40. The van der Waals surface area contributed by atoms with Crippen molar-refractivity contribution in [3.8, 4) is 0 Å². The lowest BCUT2D eigenvalue weighted by Crippen LogP contribution is -2.41. The Balaban J connectivity index is 1.70. The lowest BCUT2D eigenvalue weighted by atomic mass is 9.74. The number of aliphatic hydroxyl groups is 1. The zero-order chi connectivity index (χ0) is 15.8. The van der Waals surface area contributed by atoms with E-state index in [1.165, 1.54) is 30.4 Å². The van der Waals surface area contributed by atoms with Gasteiger partial charge in [-0.25, -0.2) is 0 Å². The summed E-state index contributed by atoms with van der Waals surface area (Å²) in [5.41, 5.74) is 2.56. The van der Waals surface area contributed by atoms with E-state index in [4.69, 9.17) is 0 Å². The largest absolute Gasteiger partial charge is 0.396 e. The SMILES string of the molecule is Cc1ccccc1CCCC(=O)NCC1(CO)CCCCC1. The highest BCUT2D eigenvalue weighted by Gasteiger charge is 2.31. The highest BCUT2D eigenvalue weighted by atomic mass is 16.3. The minimum atomic E-state index is -0.0655. The maximum atomic E-state index is 12.0. The van der Waals surface area contributed by atoms with E-state index in [0.717, 1.165) is 25.7 Å². The van der Waals surface area contributed by atoms with Gasteiger partial charge in [0.1, 0.15) is 0 Å². The van der Waals surface area contributed by atoms with Crippen molar-refractivity contribution in [1.82, 2.24) is 5.32 Å². The van der Waals surface area contributed by atoms with Gasteiger partial charge < -0.3 is 10.4 Å². The van der Waals surface area contributed by atoms with Crippen LogP contribution in [0.25, 0.3) is 0 Å². The smallest absolute Gasteiger partial charge is 0.220 e. The quantitative estimate of drug-likeness (QED) is 0.811. The molecule has 1 fully saturated rings. The van der Waals surface area contributed by atoms with Gasteiger partial charge >= 0.3 is 0 Å². The Morgan fingerprint density at radius 3 is 2.64 bits per heavy atom. The second-order valence-corrected chi connectivity index (χ2v) is 6.78. The van der Waals surface area contributed by atoms with Crippen molar-refractivity contribution in [2.24, 2.45) is 5.41 Å². The van der Waals surface area contributed by atoms with Crippen LogP contribution in [0.3, 0.4) is 0 Å². The third-order valence-electron chi connectivity index (χ3n) is 5.02. The van der Waals surface area contributed by atoms with Crippen molar-refractivity contribution in [3.05, 3.63) is 35.4 Å². The summed E-state index contributed by atoms with van der Waals surface area (Å²) in [7, 11) is 0. The number of hydrogen-bond donors (Lipinski definition) is 2. The van der Waals surface area contributed by atoms with Crippen LogP contribution in [0.5, 0.6) is 0 Å². The van der Waals surface area contributed by atoms with E-state index < -0.39 is 0 Å². The Labute approximate surface area is 134 Å². The van der Waals surface area contributed by atoms with E-state index in [-0.39, 0.29) is 17.9 Å². The van der Waals surface area contributed by atoms with Crippen molar-refractivity contribution in [2.75, 3.05) is 13.2 Å². The molecular formula is C19H29NO2. The number of benzene rings is 1. The molecule has 0 unspecified atom stereocenters. The summed E-state index contributed by atoms with van der Waals surface area (Å²) >= 11 is 0. The number of amides is 1. The summed E-state index contributed by atoms with van der Waals surface area (Å²) in [6.07, 6.45) is 8.06. The van der Waals surface area contributed by atoms with Gasteiger partial charge in [-0.05, 0) is 43.7 Å². The van der Waals surface area contributed by atoms with Crippen LogP contribution in [-0.4, -0.2) is 24.2 Å². The van der Waals surface area contributed by atoms with Crippen LogP contribution < -0.4 is 5.32 Å². The molecule has 3 heteroatoms. The van der Waals surface area contributed by atoms with Crippen LogP contribution >= 0.6 is 0 Å². The number of hydrogen-bond acceptors (Lipinski definition) is 2. The predicted octanol–water partition coefficient (Wildman–Crippen LogP) is 3.38. The molecular weight excluding hydrogens is 274 g/mol. The number of carbonyl (C=O) groups is 1. The lowest BCUT2D eigenvalue weighted by Gasteiger charge is -2.35. The highest BCUT2D eigenvalue weighted by molar-refractivity contribution is 5.75. The zero-order valence-electron chi connectivity index (χ0n) is 13.7. The van der Waals surface area contributed by atoms with Crippen LogP contribution in [0.4, 0.5) is 0 Å². The van der Waals surface area contributed by atoms with Gasteiger partial charge in [0, 0.05) is 18.4 Å². The first-order valence-corrected chi connectivity index (χ1v) is 8.57. The van der Waals surface area contributed by atoms with Gasteiger partial charge in [-0.15, -0.1) is 0 Å². The van der Waals surface area contributed by atoms with E-state index >= 15 is 0 Å². The second kappa shape index (κ2) is 8.33. The first-order valence-electron chi connectivity index (χ1n) is 8.57. The van der Waals surface area contributed by atoms with E-state index in [1.807, 2.05) is 6.07 Å². The molecule has 0 saturated heterocycles. The van der Waals surface area contributed by atoms with Crippen LogP contribution in [0.1, 0.15) is 56.1 Å². The normalized spacial score (nSPS) is 17.2. The predicted molar refractivity (Wildman–Crippen MR) is 89.7 cm³/mol. The summed E-state index contributed by atoms with van der Waals surface area (Å²) in [5, 5.41) is 12.7.